The number of H-pyrrole nitrogens is 1. The van der Waals surface area contributed by atoms with Gasteiger partial charge in [0, 0.05) is 0 Å². The first kappa shape index (κ1) is 13.1. The van der Waals surface area contributed by atoms with Crippen molar-refractivity contribution in [2.75, 3.05) is 12.4 Å². The molecule has 1 aromatic carbocycles. The number of nitrogens with zero attached hydrogens (tertiary/aromatic N) is 1. The third kappa shape index (κ3) is 2.90. The molecule has 0 aliphatic heterocycles. The number of benzene rings is 1. The van der Waals surface area contributed by atoms with Crippen LogP contribution in [0.25, 0.3) is 0 Å². The minimum atomic E-state index is -0.369. The molecule has 2 aromatic rings. The molecule has 19 heavy (non-hydrogen) atoms. The summed E-state index contributed by atoms with van der Waals surface area (Å²) in [5, 5.41) is 3.02. The van der Waals surface area contributed by atoms with Gasteiger partial charge in [-0.1, -0.05) is 12.1 Å². The predicted octanol–water partition coefficient (Wildman–Crippen LogP) is 2.09. The van der Waals surface area contributed by atoms with Crippen LogP contribution in [0.2, 0.25) is 0 Å². The zero-order chi connectivity index (χ0) is 13.8. The summed E-state index contributed by atoms with van der Waals surface area (Å²) in [5.41, 5.74) is 0.385. The van der Waals surface area contributed by atoms with E-state index in [1.54, 1.807) is 12.1 Å². The van der Waals surface area contributed by atoms with E-state index in [0.717, 1.165) is 5.56 Å². The summed E-state index contributed by atoms with van der Waals surface area (Å²) in [6, 6.07) is 6.02. The molecule has 0 saturated carbocycles. The van der Waals surface area contributed by atoms with Gasteiger partial charge in [-0.15, -0.1) is 0 Å². The van der Waals surface area contributed by atoms with Crippen molar-refractivity contribution in [1.82, 2.24) is 9.97 Å². The second kappa shape index (κ2) is 5.51. The maximum Gasteiger partial charge on any atom is 0.295 e. The average Bonchev–Trinajstić information content (AvgIpc) is 2.39. The van der Waals surface area contributed by atoms with Gasteiger partial charge in [-0.2, -0.15) is 0 Å². The molecule has 0 radical (unpaired) electrons. The smallest absolute Gasteiger partial charge is 0.295 e. The highest BCUT2D eigenvalue weighted by atomic mass is 19.1. The van der Waals surface area contributed by atoms with Crippen LogP contribution in [0.1, 0.15) is 18.5 Å². The molecule has 0 amide bonds. The topological polar surface area (TPSA) is 67.0 Å². The Kier molecular flexibility index (Phi) is 3.79. The van der Waals surface area contributed by atoms with Gasteiger partial charge in [-0.05, 0) is 24.6 Å². The molecular formula is C13H14FN3O2. The highest BCUT2D eigenvalue weighted by molar-refractivity contribution is 5.49. The van der Waals surface area contributed by atoms with E-state index in [4.69, 9.17) is 4.74 Å². The fourth-order valence-electron chi connectivity index (χ4n) is 1.74. The molecule has 0 aliphatic carbocycles. The van der Waals surface area contributed by atoms with E-state index in [1.807, 2.05) is 6.92 Å². The Hall–Kier alpha value is -2.37. The Labute approximate surface area is 109 Å². The third-order valence-electron chi connectivity index (χ3n) is 2.72. The van der Waals surface area contributed by atoms with Crippen molar-refractivity contribution in [2.45, 2.75) is 13.0 Å². The minimum Gasteiger partial charge on any atom is -0.489 e. The maximum absolute atomic E-state index is 13.2. The first-order valence-electron chi connectivity index (χ1n) is 5.75. The van der Waals surface area contributed by atoms with E-state index in [0.29, 0.717) is 5.82 Å². The summed E-state index contributed by atoms with van der Waals surface area (Å²) < 4.78 is 18.1. The normalized spacial score (nSPS) is 11.9. The van der Waals surface area contributed by atoms with Gasteiger partial charge in [-0.3, -0.25) is 4.79 Å². The van der Waals surface area contributed by atoms with Crippen LogP contribution in [0, 0.1) is 5.82 Å². The number of nitrogens with one attached hydrogen (secondary N) is 2. The molecule has 0 spiro atoms. The second-order valence-electron chi connectivity index (χ2n) is 4.03. The van der Waals surface area contributed by atoms with Gasteiger partial charge in [0.05, 0.1) is 19.5 Å². The number of ether oxygens (including phenoxy) is 1. The molecule has 0 aliphatic rings. The molecule has 100 valence electrons. The highest BCUT2D eigenvalue weighted by Gasteiger charge is 2.13. The molecule has 2 rings (SSSR count). The zero-order valence-electron chi connectivity index (χ0n) is 10.6. The van der Waals surface area contributed by atoms with Crippen molar-refractivity contribution in [2.24, 2.45) is 0 Å². The number of hydrogen-bond donors (Lipinski definition) is 2. The molecule has 1 atom stereocenters. The lowest BCUT2D eigenvalue weighted by molar-refractivity contribution is 0.407. The van der Waals surface area contributed by atoms with Crippen molar-refractivity contribution >= 4 is 5.82 Å². The number of rotatable bonds is 4. The Balaban J connectivity index is 2.26. The fourth-order valence-corrected chi connectivity index (χ4v) is 1.74. The standard InChI is InChI=1S/C13H14FN3O2/c1-8(9-4-3-5-10(14)6-9)17-12-11(19-2)13(18)16-7-15-12/h3-8H,1-2H3,(H2,15,16,17,18). The van der Waals surface area contributed by atoms with E-state index in [1.165, 1.54) is 25.6 Å². The van der Waals surface area contributed by atoms with E-state index >= 15 is 0 Å². The van der Waals surface area contributed by atoms with E-state index in [9.17, 15) is 9.18 Å². The quantitative estimate of drug-likeness (QED) is 0.886. The molecule has 0 fully saturated rings. The number of anilines is 1. The molecule has 1 aromatic heterocycles. The summed E-state index contributed by atoms with van der Waals surface area (Å²) in [6.07, 6.45) is 1.28. The minimum absolute atomic E-state index is 0.103. The fraction of sp³-hybridized carbons (Fsp3) is 0.231. The summed E-state index contributed by atoms with van der Waals surface area (Å²) in [7, 11) is 1.39. The lowest BCUT2D eigenvalue weighted by atomic mass is 10.1. The molecule has 2 N–H and O–H groups in total. The SMILES string of the molecule is COc1c(NC(C)c2cccc(F)c2)nc[nH]c1=O. The van der Waals surface area contributed by atoms with E-state index in [2.05, 4.69) is 15.3 Å². The molecule has 0 saturated heterocycles. The molecule has 6 heteroatoms. The highest BCUT2D eigenvalue weighted by Crippen LogP contribution is 2.22. The van der Waals surface area contributed by atoms with Crippen molar-refractivity contribution in [1.29, 1.82) is 0 Å². The van der Waals surface area contributed by atoms with Crippen LogP contribution in [0.5, 0.6) is 5.75 Å². The molecular weight excluding hydrogens is 249 g/mol. The van der Waals surface area contributed by atoms with Crippen molar-refractivity contribution in [3.05, 3.63) is 52.3 Å². The number of aromatic nitrogens is 2. The Morgan fingerprint density at radius 1 is 1.47 bits per heavy atom. The largest absolute Gasteiger partial charge is 0.489 e. The average molecular weight is 263 g/mol. The van der Waals surface area contributed by atoms with Gasteiger partial charge >= 0.3 is 0 Å². The molecule has 1 heterocycles. The number of methoxy groups -OCH3 is 1. The van der Waals surface area contributed by atoms with Crippen LogP contribution in [0.4, 0.5) is 10.2 Å². The monoisotopic (exact) mass is 263 g/mol. The zero-order valence-corrected chi connectivity index (χ0v) is 10.6. The van der Waals surface area contributed by atoms with Crippen molar-refractivity contribution in [3.63, 3.8) is 0 Å². The maximum atomic E-state index is 13.2. The van der Waals surface area contributed by atoms with E-state index in [-0.39, 0.29) is 23.2 Å². The number of hydrogen-bond acceptors (Lipinski definition) is 4. The van der Waals surface area contributed by atoms with E-state index < -0.39 is 0 Å². The van der Waals surface area contributed by atoms with Gasteiger partial charge in [0.15, 0.2) is 5.82 Å². The predicted molar refractivity (Wildman–Crippen MR) is 69.8 cm³/mol. The lowest BCUT2D eigenvalue weighted by Gasteiger charge is -2.16. The summed E-state index contributed by atoms with van der Waals surface area (Å²) in [5.74, 6) is 0.116. The van der Waals surface area contributed by atoms with Crippen molar-refractivity contribution < 1.29 is 9.13 Å². The molecule has 5 nitrogen and oxygen atoms in total. The molecule has 0 bridgehead atoms. The van der Waals surface area contributed by atoms with Crippen LogP contribution in [0.3, 0.4) is 0 Å². The van der Waals surface area contributed by atoms with Crippen LogP contribution < -0.4 is 15.6 Å². The van der Waals surface area contributed by atoms with Crippen LogP contribution in [0.15, 0.2) is 35.4 Å². The first-order valence-corrected chi connectivity index (χ1v) is 5.75. The Bertz CT molecular complexity index is 627. The molecule has 1 unspecified atom stereocenters. The van der Waals surface area contributed by atoms with Crippen LogP contribution in [-0.4, -0.2) is 17.1 Å². The van der Waals surface area contributed by atoms with Crippen LogP contribution >= 0.6 is 0 Å². The van der Waals surface area contributed by atoms with Gasteiger partial charge in [0.25, 0.3) is 5.56 Å². The Morgan fingerprint density at radius 2 is 2.26 bits per heavy atom. The van der Waals surface area contributed by atoms with Gasteiger partial charge in [0.2, 0.25) is 5.75 Å². The summed E-state index contributed by atoms with van der Waals surface area (Å²) >= 11 is 0. The number of aromatic amines is 1. The Morgan fingerprint density at radius 3 is 2.95 bits per heavy atom. The second-order valence-corrected chi connectivity index (χ2v) is 4.03. The lowest BCUT2D eigenvalue weighted by Crippen LogP contribution is -2.16. The summed E-state index contributed by atoms with van der Waals surface area (Å²) in [6.45, 7) is 1.84. The third-order valence-corrected chi connectivity index (χ3v) is 2.72. The van der Waals surface area contributed by atoms with Gasteiger partial charge in [-0.25, -0.2) is 9.37 Å². The van der Waals surface area contributed by atoms with Gasteiger partial charge < -0.3 is 15.0 Å². The van der Waals surface area contributed by atoms with Crippen molar-refractivity contribution in [3.8, 4) is 5.75 Å². The summed E-state index contributed by atoms with van der Waals surface area (Å²) in [4.78, 5) is 18.0. The van der Waals surface area contributed by atoms with Crippen LogP contribution in [-0.2, 0) is 0 Å². The first-order chi connectivity index (χ1) is 9.11. The number of halogens is 1. The van der Waals surface area contributed by atoms with Gasteiger partial charge in [0.1, 0.15) is 5.82 Å².